The molecule has 0 aliphatic carbocycles. The van der Waals surface area contributed by atoms with Gasteiger partial charge >= 0.3 is 0 Å². The molecule has 1 fully saturated rings. The normalized spacial score (nSPS) is 13.8. The fourth-order valence-electron chi connectivity index (χ4n) is 3.15. The molecule has 9 heteroatoms. The highest BCUT2D eigenvalue weighted by atomic mass is 16.2. The lowest BCUT2D eigenvalue weighted by molar-refractivity contribution is -0.129. The van der Waals surface area contributed by atoms with Crippen molar-refractivity contribution >= 4 is 34.9 Å². The lowest BCUT2D eigenvalue weighted by Crippen LogP contribution is -2.48. The zero-order chi connectivity index (χ0) is 21.0. The van der Waals surface area contributed by atoms with Gasteiger partial charge in [0, 0.05) is 57.5 Å². The van der Waals surface area contributed by atoms with Gasteiger partial charge in [0.2, 0.25) is 11.8 Å². The number of carbonyl (C=O) groups is 3. The zero-order valence-corrected chi connectivity index (χ0v) is 16.7. The Kier molecular flexibility index (Phi) is 6.06. The highest BCUT2D eigenvalue weighted by Crippen LogP contribution is 2.18. The van der Waals surface area contributed by atoms with Gasteiger partial charge in [0.15, 0.2) is 0 Å². The van der Waals surface area contributed by atoms with Crippen LogP contribution in [0.4, 0.5) is 17.2 Å². The van der Waals surface area contributed by atoms with Crippen molar-refractivity contribution in [1.29, 1.82) is 0 Å². The number of carbonyl (C=O) groups excluding carboxylic acids is 3. The van der Waals surface area contributed by atoms with Crippen LogP contribution in [-0.2, 0) is 9.59 Å². The van der Waals surface area contributed by atoms with Gasteiger partial charge in [-0.1, -0.05) is 6.07 Å². The molecule has 3 amide bonds. The van der Waals surface area contributed by atoms with Crippen LogP contribution in [0.5, 0.6) is 0 Å². The highest BCUT2D eigenvalue weighted by Gasteiger charge is 2.21. The summed E-state index contributed by atoms with van der Waals surface area (Å²) in [5, 5.41) is 5.48. The SMILES string of the molecule is CC(=O)Nc1cccc(NC(=O)c2cc(N3CCN(C(C)=O)CC3)nc(C)n2)c1. The largest absolute Gasteiger partial charge is 0.353 e. The van der Waals surface area contributed by atoms with Gasteiger partial charge in [-0.05, 0) is 25.1 Å². The van der Waals surface area contributed by atoms with E-state index in [-0.39, 0.29) is 23.4 Å². The predicted octanol–water partition coefficient (Wildman–Crippen LogP) is 1.66. The molecule has 0 saturated carbocycles. The first-order chi connectivity index (χ1) is 13.8. The van der Waals surface area contributed by atoms with Crippen molar-refractivity contribution in [2.45, 2.75) is 20.8 Å². The maximum atomic E-state index is 12.7. The maximum absolute atomic E-state index is 12.7. The van der Waals surface area contributed by atoms with Crippen molar-refractivity contribution in [1.82, 2.24) is 14.9 Å². The molecule has 152 valence electrons. The number of nitrogens with one attached hydrogen (secondary N) is 2. The van der Waals surface area contributed by atoms with Gasteiger partial charge in [-0.15, -0.1) is 0 Å². The number of aryl methyl sites for hydroxylation is 1. The summed E-state index contributed by atoms with van der Waals surface area (Å²) in [6.07, 6.45) is 0. The van der Waals surface area contributed by atoms with Gasteiger partial charge in [-0.25, -0.2) is 9.97 Å². The molecular weight excluding hydrogens is 372 g/mol. The number of benzene rings is 1. The molecule has 2 N–H and O–H groups in total. The summed E-state index contributed by atoms with van der Waals surface area (Å²) >= 11 is 0. The summed E-state index contributed by atoms with van der Waals surface area (Å²) in [5.41, 5.74) is 1.40. The van der Waals surface area contributed by atoms with Gasteiger partial charge in [-0.2, -0.15) is 0 Å². The second-order valence-corrected chi connectivity index (χ2v) is 6.87. The standard InChI is InChI=1S/C20H24N6O3/c1-13-21-18(12-19(22-13)26-9-7-25(8-10-26)15(3)28)20(29)24-17-6-4-5-16(11-17)23-14(2)27/h4-6,11-12H,7-10H2,1-3H3,(H,23,27)(H,24,29). The average molecular weight is 396 g/mol. The van der Waals surface area contributed by atoms with E-state index in [2.05, 4.69) is 20.6 Å². The molecule has 29 heavy (non-hydrogen) atoms. The molecule has 0 spiro atoms. The number of aromatic nitrogens is 2. The molecule has 0 bridgehead atoms. The van der Waals surface area contributed by atoms with Crippen molar-refractivity contribution < 1.29 is 14.4 Å². The fraction of sp³-hybridized carbons (Fsp3) is 0.350. The van der Waals surface area contributed by atoms with E-state index in [9.17, 15) is 14.4 Å². The molecule has 1 aliphatic rings. The van der Waals surface area contributed by atoms with Crippen LogP contribution in [0.15, 0.2) is 30.3 Å². The van der Waals surface area contributed by atoms with E-state index in [1.54, 1.807) is 49.1 Å². The Bertz CT molecular complexity index is 938. The van der Waals surface area contributed by atoms with Crippen LogP contribution >= 0.6 is 0 Å². The Morgan fingerprint density at radius 1 is 0.931 bits per heavy atom. The lowest BCUT2D eigenvalue weighted by Gasteiger charge is -2.35. The van der Waals surface area contributed by atoms with Gasteiger partial charge in [-0.3, -0.25) is 14.4 Å². The van der Waals surface area contributed by atoms with Crippen LogP contribution in [0.1, 0.15) is 30.2 Å². The highest BCUT2D eigenvalue weighted by molar-refractivity contribution is 6.03. The molecular formula is C20H24N6O3. The van der Waals surface area contributed by atoms with Crippen LogP contribution < -0.4 is 15.5 Å². The van der Waals surface area contributed by atoms with Gasteiger partial charge in [0.25, 0.3) is 5.91 Å². The Hall–Kier alpha value is -3.49. The van der Waals surface area contributed by atoms with Crippen LogP contribution in [0.3, 0.4) is 0 Å². The first kappa shape index (κ1) is 20.2. The summed E-state index contributed by atoms with van der Waals surface area (Å²) in [7, 11) is 0. The number of piperazine rings is 1. The van der Waals surface area contributed by atoms with E-state index in [1.807, 2.05) is 4.90 Å². The molecule has 1 saturated heterocycles. The molecule has 1 aromatic carbocycles. The van der Waals surface area contributed by atoms with Crippen molar-refractivity contribution in [3.8, 4) is 0 Å². The summed E-state index contributed by atoms with van der Waals surface area (Å²) in [5.74, 6) is 0.671. The minimum Gasteiger partial charge on any atom is -0.353 e. The summed E-state index contributed by atoms with van der Waals surface area (Å²) in [6, 6.07) is 8.55. The van der Waals surface area contributed by atoms with E-state index in [4.69, 9.17) is 0 Å². The van der Waals surface area contributed by atoms with Gasteiger partial charge in [0.05, 0.1) is 0 Å². The van der Waals surface area contributed by atoms with E-state index in [0.717, 1.165) is 0 Å². The van der Waals surface area contributed by atoms with Crippen molar-refractivity contribution in [2.75, 3.05) is 41.7 Å². The van der Waals surface area contributed by atoms with Crippen molar-refractivity contribution in [3.63, 3.8) is 0 Å². The maximum Gasteiger partial charge on any atom is 0.274 e. The Balaban J connectivity index is 1.73. The van der Waals surface area contributed by atoms with Gasteiger partial charge < -0.3 is 20.4 Å². The lowest BCUT2D eigenvalue weighted by atomic mass is 10.2. The van der Waals surface area contributed by atoms with Crippen LogP contribution in [0.25, 0.3) is 0 Å². The molecule has 0 unspecified atom stereocenters. The van der Waals surface area contributed by atoms with Crippen LogP contribution in [0, 0.1) is 6.92 Å². The third kappa shape index (κ3) is 5.28. The quantitative estimate of drug-likeness (QED) is 0.814. The zero-order valence-electron chi connectivity index (χ0n) is 16.7. The third-order valence-electron chi connectivity index (χ3n) is 4.55. The van der Waals surface area contributed by atoms with E-state index in [0.29, 0.717) is 49.2 Å². The second kappa shape index (κ2) is 8.68. The molecule has 0 radical (unpaired) electrons. The van der Waals surface area contributed by atoms with E-state index in [1.165, 1.54) is 6.92 Å². The molecule has 2 aromatic rings. The second-order valence-electron chi connectivity index (χ2n) is 6.87. The molecule has 3 rings (SSSR count). The van der Waals surface area contributed by atoms with E-state index >= 15 is 0 Å². The molecule has 1 aliphatic heterocycles. The summed E-state index contributed by atoms with van der Waals surface area (Å²) in [4.78, 5) is 48.0. The Labute approximate surface area is 169 Å². The number of hydrogen-bond donors (Lipinski definition) is 2. The summed E-state index contributed by atoms with van der Waals surface area (Å²) in [6.45, 7) is 7.27. The molecule has 1 aromatic heterocycles. The molecule has 2 heterocycles. The monoisotopic (exact) mass is 396 g/mol. The predicted molar refractivity (Wildman–Crippen MR) is 110 cm³/mol. The number of nitrogens with zero attached hydrogens (tertiary/aromatic N) is 4. The number of amides is 3. The van der Waals surface area contributed by atoms with Crippen molar-refractivity contribution in [3.05, 3.63) is 41.9 Å². The number of rotatable bonds is 4. The third-order valence-corrected chi connectivity index (χ3v) is 4.55. The average Bonchev–Trinajstić information content (AvgIpc) is 2.67. The first-order valence-electron chi connectivity index (χ1n) is 9.37. The topological polar surface area (TPSA) is 108 Å². The number of hydrogen-bond acceptors (Lipinski definition) is 6. The molecule has 9 nitrogen and oxygen atoms in total. The fourth-order valence-corrected chi connectivity index (χ4v) is 3.15. The van der Waals surface area contributed by atoms with Crippen LogP contribution in [0.2, 0.25) is 0 Å². The molecule has 0 atom stereocenters. The minimum absolute atomic E-state index is 0.0603. The summed E-state index contributed by atoms with van der Waals surface area (Å²) < 4.78 is 0. The first-order valence-corrected chi connectivity index (χ1v) is 9.37. The smallest absolute Gasteiger partial charge is 0.274 e. The minimum atomic E-state index is -0.362. The Morgan fingerprint density at radius 3 is 2.21 bits per heavy atom. The Morgan fingerprint density at radius 2 is 1.59 bits per heavy atom. The number of anilines is 3. The van der Waals surface area contributed by atoms with Crippen molar-refractivity contribution in [2.24, 2.45) is 0 Å². The van der Waals surface area contributed by atoms with Gasteiger partial charge in [0.1, 0.15) is 17.3 Å². The van der Waals surface area contributed by atoms with Crippen LogP contribution in [-0.4, -0.2) is 58.8 Å². The van der Waals surface area contributed by atoms with E-state index < -0.39 is 0 Å².